The summed E-state index contributed by atoms with van der Waals surface area (Å²) in [5, 5.41) is 0.581. The fourth-order valence-electron chi connectivity index (χ4n) is 2.09. The van der Waals surface area contributed by atoms with Crippen LogP contribution in [0.4, 0.5) is 4.39 Å². The van der Waals surface area contributed by atoms with Gasteiger partial charge in [0.25, 0.3) is 0 Å². The Morgan fingerprint density at radius 3 is 2.32 bits per heavy atom. The van der Waals surface area contributed by atoms with Crippen molar-refractivity contribution in [1.82, 2.24) is 0 Å². The van der Waals surface area contributed by atoms with Crippen LogP contribution in [0.1, 0.15) is 33.3 Å². The Morgan fingerprint density at radius 2 is 1.74 bits per heavy atom. The SMILES string of the molecule is CC1(C)OB(CCc2cc(F)ccc2Cl)OC1(C)C. The molecule has 1 aromatic rings. The summed E-state index contributed by atoms with van der Waals surface area (Å²) in [5.74, 6) is -0.270. The summed E-state index contributed by atoms with van der Waals surface area (Å²) in [6.07, 6.45) is 1.30. The average Bonchev–Trinajstić information content (AvgIpc) is 2.49. The monoisotopic (exact) mass is 284 g/mol. The average molecular weight is 285 g/mol. The van der Waals surface area contributed by atoms with E-state index in [1.807, 2.05) is 27.7 Å². The number of hydrogen-bond donors (Lipinski definition) is 0. The van der Waals surface area contributed by atoms with Gasteiger partial charge in [-0.3, -0.25) is 0 Å². The first kappa shape index (κ1) is 14.8. The molecule has 0 aliphatic carbocycles. The van der Waals surface area contributed by atoms with E-state index >= 15 is 0 Å². The summed E-state index contributed by atoms with van der Waals surface area (Å²) in [7, 11) is -0.274. The Morgan fingerprint density at radius 1 is 1.16 bits per heavy atom. The van der Waals surface area contributed by atoms with E-state index in [9.17, 15) is 4.39 Å². The third kappa shape index (κ3) is 3.12. The highest BCUT2D eigenvalue weighted by molar-refractivity contribution is 6.45. The van der Waals surface area contributed by atoms with Gasteiger partial charge in [-0.25, -0.2) is 4.39 Å². The van der Waals surface area contributed by atoms with E-state index in [0.717, 1.165) is 5.56 Å². The van der Waals surface area contributed by atoms with E-state index in [0.29, 0.717) is 17.8 Å². The van der Waals surface area contributed by atoms with Gasteiger partial charge in [0.1, 0.15) is 5.82 Å². The fourth-order valence-corrected chi connectivity index (χ4v) is 2.30. The second-order valence-corrected chi connectivity index (χ2v) is 6.37. The zero-order chi connectivity index (χ0) is 14.3. The van der Waals surface area contributed by atoms with Crippen LogP contribution in [0.25, 0.3) is 0 Å². The summed E-state index contributed by atoms with van der Waals surface area (Å²) in [5.41, 5.74) is 0.128. The molecule has 0 N–H and O–H groups in total. The van der Waals surface area contributed by atoms with Gasteiger partial charge in [0.2, 0.25) is 0 Å². The molecule has 0 spiro atoms. The second kappa shape index (κ2) is 5.08. The van der Waals surface area contributed by atoms with E-state index in [2.05, 4.69) is 0 Å². The molecule has 0 saturated carbocycles. The Kier molecular flexibility index (Phi) is 3.96. The van der Waals surface area contributed by atoms with Crippen molar-refractivity contribution in [3.63, 3.8) is 0 Å². The summed E-state index contributed by atoms with van der Waals surface area (Å²) in [6.45, 7) is 8.06. The van der Waals surface area contributed by atoms with Crippen LogP contribution in [0.15, 0.2) is 18.2 Å². The van der Waals surface area contributed by atoms with Crippen molar-refractivity contribution in [2.45, 2.75) is 51.6 Å². The Bertz CT molecular complexity index is 461. The minimum atomic E-state index is -0.330. The van der Waals surface area contributed by atoms with Gasteiger partial charge in [0.05, 0.1) is 11.2 Å². The van der Waals surface area contributed by atoms with Crippen LogP contribution in [0.3, 0.4) is 0 Å². The molecule has 1 aliphatic heterocycles. The normalized spacial score (nSPS) is 20.8. The predicted molar refractivity (Wildman–Crippen MR) is 76.0 cm³/mol. The van der Waals surface area contributed by atoms with Gasteiger partial charge in [-0.1, -0.05) is 11.6 Å². The molecule has 5 heteroatoms. The van der Waals surface area contributed by atoms with Crippen molar-refractivity contribution >= 4 is 18.7 Å². The summed E-state index contributed by atoms with van der Waals surface area (Å²) in [6, 6.07) is 4.41. The van der Waals surface area contributed by atoms with E-state index in [4.69, 9.17) is 20.9 Å². The largest absolute Gasteiger partial charge is 0.458 e. The van der Waals surface area contributed by atoms with Crippen LogP contribution < -0.4 is 0 Å². The lowest BCUT2D eigenvalue weighted by Crippen LogP contribution is -2.41. The molecule has 1 aromatic carbocycles. The first-order valence-electron chi connectivity index (χ1n) is 6.51. The molecule has 1 fully saturated rings. The lowest BCUT2D eigenvalue weighted by Gasteiger charge is -2.32. The van der Waals surface area contributed by atoms with Crippen LogP contribution >= 0.6 is 11.6 Å². The predicted octanol–water partition coefficient (Wildman–Crippen LogP) is 4.11. The second-order valence-electron chi connectivity index (χ2n) is 5.96. The zero-order valence-electron chi connectivity index (χ0n) is 11.8. The molecule has 104 valence electrons. The summed E-state index contributed by atoms with van der Waals surface area (Å²) >= 11 is 6.05. The molecular formula is C14H19BClFO2. The van der Waals surface area contributed by atoms with Crippen LogP contribution in [0.5, 0.6) is 0 Å². The van der Waals surface area contributed by atoms with E-state index in [-0.39, 0.29) is 24.1 Å². The Hall–Kier alpha value is -0.575. The third-order valence-electron chi connectivity index (χ3n) is 3.96. The first-order chi connectivity index (χ1) is 8.71. The molecule has 0 radical (unpaired) electrons. The van der Waals surface area contributed by atoms with Gasteiger partial charge < -0.3 is 9.31 Å². The van der Waals surface area contributed by atoms with Crippen molar-refractivity contribution in [1.29, 1.82) is 0 Å². The van der Waals surface area contributed by atoms with Gasteiger partial charge in [0.15, 0.2) is 0 Å². The fraction of sp³-hybridized carbons (Fsp3) is 0.571. The van der Waals surface area contributed by atoms with E-state index < -0.39 is 0 Å². The standard InChI is InChI=1S/C14H19BClFO2/c1-13(2)14(3,4)19-15(18-13)8-7-10-9-11(17)5-6-12(10)16/h5-6,9H,7-8H2,1-4H3. The highest BCUT2D eigenvalue weighted by atomic mass is 35.5. The highest BCUT2D eigenvalue weighted by Crippen LogP contribution is 2.38. The zero-order valence-corrected chi connectivity index (χ0v) is 12.6. The third-order valence-corrected chi connectivity index (χ3v) is 4.33. The van der Waals surface area contributed by atoms with E-state index in [1.54, 1.807) is 6.07 Å². The molecule has 0 atom stereocenters. The summed E-state index contributed by atoms with van der Waals surface area (Å²) in [4.78, 5) is 0. The lowest BCUT2D eigenvalue weighted by molar-refractivity contribution is 0.00578. The van der Waals surface area contributed by atoms with Gasteiger partial charge in [0, 0.05) is 5.02 Å². The van der Waals surface area contributed by atoms with Gasteiger partial charge in [-0.15, -0.1) is 0 Å². The number of aryl methyl sites for hydroxylation is 1. The maximum atomic E-state index is 13.2. The van der Waals surface area contributed by atoms with Gasteiger partial charge in [-0.2, -0.15) is 0 Å². The van der Waals surface area contributed by atoms with Crippen LogP contribution in [-0.4, -0.2) is 18.3 Å². The molecule has 1 saturated heterocycles. The highest BCUT2D eigenvalue weighted by Gasteiger charge is 2.50. The quantitative estimate of drug-likeness (QED) is 0.778. The van der Waals surface area contributed by atoms with Crippen LogP contribution in [-0.2, 0) is 15.7 Å². The topological polar surface area (TPSA) is 18.5 Å². The number of halogens is 2. The Balaban J connectivity index is 1.99. The number of benzene rings is 1. The molecule has 1 heterocycles. The smallest absolute Gasteiger partial charge is 0.403 e. The molecule has 0 bridgehead atoms. The van der Waals surface area contributed by atoms with Crippen LogP contribution in [0, 0.1) is 5.82 Å². The van der Waals surface area contributed by atoms with Crippen molar-refractivity contribution in [2.24, 2.45) is 0 Å². The van der Waals surface area contributed by atoms with E-state index in [1.165, 1.54) is 12.1 Å². The molecule has 0 unspecified atom stereocenters. The van der Waals surface area contributed by atoms with Crippen molar-refractivity contribution in [3.8, 4) is 0 Å². The van der Waals surface area contributed by atoms with Gasteiger partial charge >= 0.3 is 7.12 Å². The first-order valence-corrected chi connectivity index (χ1v) is 6.89. The lowest BCUT2D eigenvalue weighted by atomic mass is 9.81. The molecule has 1 aliphatic rings. The minimum absolute atomic E-state index is 0.270. The van der Waals surface area contributed by atoms with Crippen molar-refractivity contribution in [2.75, 3.05) is 0 Å². The van der Waals surface area contributed by atoms with Crippen molar-refractivity contribution in [3.05, 3.63) is 34.6 Å². The van der Waals surface area contributed by atoms with Crippen molar-refractivity contribution < 1.29 is 13.7 Å². The van der Waals surface area contributed by atoms with Gasteiger partial charge in [-0.05, 0) is 64.2 Å². The Labute approximate surface area is 119 Å². The number of rotatable bonds is 3. The molecule has 2 nitrogen and oxygen atoms in total. The number of hydrogen-bond acceptors (Lipinski definition) is 2. The molecule has 0 aromatic heterocycles. The summed E-state index contributed by atoms with van der Waals surface area (Å²) < 4.78 is 25.0. The molecule has 0 amide bonds. The maximum absolute atomic E-state index is 13.2. The van der Waals surface area contributed by atoms with Crippen LogP contribution in [0.2, 0.25) is 11.3 Å². The molecule has 19 heavy (non-hydrogen) atoms. The molecular weight excluding hydrogens is 265 g/mol. The minimum Gasteiger partial charge on any atom is -0.403 e. The molecule has 2 rings (SSSR count). The maximum Gasteiger partial charge on any atom is 0.458 e.